The Labute approximate surface area is 84.7 Å². The average molecular weight is 191 g/mol. The van der Waals surface area contributed by atoms with Crippen LogP contribution in [0.4, 0.5) is 0 Å². The highest BCUT2D eigenvalue weighted by molar-refractivity contribution is 5.37. The van der Waals surface area contributed by atoms with E-state index in [4.69, 9.17) is 5.73 Å². The van der Waals surface area contributed by atoms with Crippen molar-refractivity contribution in [3.63, 3.8) is 0 Å². The second-order valence-electron chi connectivity index (χ2n) is 4.32. The maximum absolute atomic E-state index is 10.0. The number of aliphatic hydroxyl groups is 1. The second kappa shape index (κ2) is 3.37. The van der Waals surface area contributed by atoms with Crippen molar-refractivity contribution in [2.24, 2.45) is 5.73 Å². The van der Waals surface area contributed by atoms with E-state index in [2.05, 4.69) is 12.1 Å². The molecule has 0 aliphatic heterocycles. The van der Waals surface area contributed by atoms with Crippen LogP contribution in [0.1, 0.15) is 30.0 Å². The summed E-state index contributed by atoms with van der Waals surface area (Å²) >= 11 is 0. The lowest BCUT2D eigenvalue weighted by Crippen LogP contribution is -2.31. The molecule has 1 unspecified atom stereocenters. The van der Waals surface area contributed by atoms with Gasteiger partial charge in [-0.2, -0.15) is 0 Å². The van der Waals surface area contributed by atoms with Crippen molar-refractivity contribution < 1.29 is 5.11 Å². The van der Waals surface area contributed by atoms with Crippen molar-refractivity contribution in [1.82, 2.24) is 0 Å². The minimum absolute atomic E-state index is 0.270. The van der Waals surface area contributed by atoms with Gasteiger partial charge in [-0.15, -0.1) is 0 Å². The fraction of sp³-hybridized carbons (Fsp3) is 0.500. The first-order chi connectivity index (χ1) is 6.63. The molecule has 0 spiro atoms. The molecule has 2 nitrogen and oxygen atoms in total. The Bertz CT molecular complexity index is 344. The minimum Gasteiger partial charge on any atom is -0.384 e. The van der Waals surface area contributed by atoms with Crippen LogP contribution < -0.4 is 5.73 Å². The molecule has 3 N–H and O–H groups in total. The Balaban J connectivity index is 2.38. The lowest BCUT2D eigenvalue weighted by atomic mass is 9.93. The minimum atomic E-state index is -0.877. The summed E-state index contributed by atoms with van der Waals surface area (Å²) in [5.74, 6) is 0. The Morgan fingerprint density at radius 3 is 2.79 bits per heavy atom. The van der Waals surface area contributed by atoms with Gasteiger partial charge in [0.05, 0.1) is 5.60 Å². The number of benzene rings is 1. The number of hydrogen-bond donors (Lipinski definition) is 2. The summed E-state index contributed by atoms with van der Waals surface area (Å²) in [6.07, 6.45) is 3.56. The Kier molecular flexibility index (Phi) is 2.33. The van der Waals surface area contributed by atoms with Crippen molar-refractivity contribution >= 4 is 0 Å². The Morgan fingerprint density at radius 1 is 1.36 bits per heavy atom. The molecule has 1 aromatic carbocycles. The van der Waals surface area contributed by atoms with Gasteiger partial charge < -0.3 is 10.8 Å². The number of rotatable bonds is 2. The maximum atomic E-state index is 10.0. The molecule has 0 amide bonds. The summed E-state index contributed by atoms with van der Waals surface area (Å²) in [6, 6.07) is 6.23. The molecule has 0 bridgehead atoms. The van der Waals surface area contributed by atoms with Crippen LogP contribution in [-0.2, 0) is 18.4 Å². The molecule has 0 saturated carbocycles. The zero-order valence-electron chi connectivity index (χ0n) is 8.59. The smallest absolute Gasteiger partial charge is 0.0990 e. The van der Waals surface area contributed by atoms with Crippen molar-refractivity contribution in [3.8, 4) is 0 Å². The molecule has 1 aliphatic carbocycles. The average Bonchev–Trinajstić information content (AvgIpc) is 2.64. The highest BCUT2D eigenvalue weighted by Gasteiger charge is 2.22. The van der Waals surface area contributed by atoms with Crippen LogP contribution in [0.2, 0.25) is 0 Å². The van der Waals surface area contributed by atoms with Crippen LogP contribution >= 0.6 is 0 Å². The molecule has 0 saturated heterocycles. The zero-order valence-corrected chi connectivity index (χ0v) is 8.59. The third-order valence-electron chi connectivity index (χ3n) is 3.12. The van der Waals surface area contributed by atoms with E-state index in [1.807, 2.05) is 6.07 Å². The van der Waals surface area contributed by atoms with Crippen LogP contribution in [0.15, 0.2) is 18.2 Å². The molecule has 0 heterocycles. The number of aryl methyl sites for hydroxylation is 2. The first kappa shape index (κ1) is 9.69. The van der Waals surface area contributed by atoms with E-state index in [9.17, 15) is 5.11 Å². The predicted octanol–water partition coefficient (Wildman–Crippen LogP) is 1.34. The van der Waals surface area contributed by atoms with Crippen LogP contribution in [0.25, 0.3) is 0 Å². The standard InChI is InChI=1S/C12H17NO/c1-12(14,8-13)11-6-5-9-3-2-4-10(9)7-11/h5-7,14H,2-4,8,13H2,1H3. The van der Waals surface area contributed by atoms with Crippen molar-refractivity contribution in [2.45, 2.75) is 31.8 Å². The molecular weight excluding hydrogens is 174 g/mol. The van der Waals surface area contributed by atoms with Gasteiger partial charge in [-0.1, -0.05) is 18.2 Å². The van der Waals surface area contributed by atoms with Crippen molar-refractivity contribution in [2.75, 3.05) is 6.54 Å². The molecule has 76 valence electrons. The van der Waals surface area contributed by atoms with E-state index in [-0.39, 0.29) is 6.54 Å². The van der Waals surface area contributed by atoms with Gasteiger partial charge in [-0.05, 0) is 42.9 Å². The number of fused-ring (bicyclic) bond motifs is 1. The summed E-state index contributed by atoms with van der Waals surface area (Å²) in [5, 5.41) is 10.0. The summed E-state index contributed by atoms with van der Waals surface area (Å²) in [4.78, 5) is 0. The van der Waals surface area contributed by atoms with Gasteiger partial charge in [0, 0.05) is 6.54 Å². The van der Waals surface area contributed by atoms with Gasteiger partial charge in [-0.3, -0.25) is 0 Å². The van der Waals surface area contributed by atoms with Crippen LogP contribution in [0.5, 0.6) is 0 Å². The summed E-state index contributed by atoms with van der Waals surface area (Å²) < 4.78 is 0. The lowest BCUT2D eigenvalue weighted by molar-refractivity contribution is 0.0667. The topological polar surface area (TPSA) is 46.2 Å². The molecule has 1 aliphatic rings. The normalized spacial score (nSPS) is 19.1. The molecule has 1 aromatic rings. The monoisotopic (exact) mass is 191 g/mol. The van der Waals surface area contributed by atoms with Crippen molar-refractivity contribution in [1.29, 1.82) is 0 Å². The van der Waals surface area contributed by atoms with Gasteiger partial charge in [-0.25, -0.2) is 0 Å². The Hall–Kier alpha value is -0.860. The van der Waals surface area contributed by atoms with E-state index in [1.165, 1.54) is 24.0 Å². The van der Waals surface area contributed by atoms with Gasteiger partial charge >= 0.3 is 0 Å². The highest BCUT2D eigenvalue weighted by Crippen LogP contribution is 2.27. The van der Waals surface area contributed by atoms with E-state index in [1.54, 1.807) is 6.92 Å². The van der Waals surface area contributed by atoms with Crippen LogP contribution in [-0.4, -0.2) is 11.7 Å². The largest absolute Gasteiger partial charge is 0.384 e. The summed E-state index contributed by atoms with van der Waals surface area (Å²) in [5.41, 5.74) is 8.42. The molecule has 2 heteroatoms. The number of nitrogens with two attached hydrogens (primary N) is 1. The summed E-state index contributed by atoms with van der Waals surface area (Å²) in [6.45, 7) is 2.04. The van der Waals surface area contributed by atoms with E-state index >= 15 is 0 Å². The molecule has 0 fully saturated rings. The van der Waals surface area contributed by atoms with Crippen LogP contribution in [0, 0.1) is 0 Å². The fourth-order valence-corrected chi connectivity index (χ4v) is 2.02. The predicted molar refractivity (Wildman–Crippen MR) is 57.1 cm³/mol. The zero-order chi connectivity index (χ0) is 10.2. The SMILES string of the molecule is CC(O)(CN)c1ccc2c(c1)CCC2. The molecule has 0 aromatic heterocycles. The van der Waals surface area contributed by atoms with Gasteiger partial charge in [0.15, 0.2) is 0 Å². The number of hydrogen-bond acceptors (Lipinski definition) is 2. The third-order valence-corrected chi connectivity index (χ3v) is 3.12. The molecule has 14 heavy (non-hydrogen) atoms. The summed E-state index contributed by atoms with van der Waals surface area (Å²) in [7, 11) is 0. The first-order valence-corrected chi connectivity index (χ1v) is 5.18. The maximum Gasteiger partial charge on any atom is 0.0990 e. The van der Waals surface area contributed by atoms with Crippen LogP contribution in [0.3, 0.4) is 0 Å². The lowest BCUT2D eigenvalue weighted by Gasteiger charge is -2.22. The van der Waals surface area contributed by atoms with Gasteiger partial charge in [0.25, 0.3) is 0 Å². The molecule has 1 atom stereocenters. The van der Waals surface area contributed by atoms with E-state index in [0.717, 1.165) is 12.0 Å². The van der Waals surface area contributed by atoms with E-state index in [0.29, 0.717) is 0 Å². The molecular formula is C12H17NO. The van der Waals surface area contributed by atoms with Crippen molar-refractivity contribution in [3.05, 3.63) is 34.9 Å². The first-order valence-electron chi connectivity index (χ1n) is 5.18. The molecule has 2 rings (SSSR count). The molecule has 0 radical (unpaired) electrons. The van der Waals surface area contributed by atoms with Gasteiger partial charge in [0.1, 0.15) is 0 Å². The van der Waals surface area contributed by atoms with E-state index < -0.39 is 5.60 Å². The van der Waals surface area contributed by atoms with Gasteiger partial charge in [0.2, 0.25) is 0 Å². The highest BCUT2D eigenvalue weighted by atomic mass is 16.3. The third kappa shape index (κ3) is 1.56. The Morgan fingerprint density at radius 2 is 2.07 bits per heavy atom. The fourth-order valence-electron chi connectivity index (χ4n) is 2.02. The second-order valence-corrected chi connectivity index (χ2v) is 4.32. The quantitative estimate of drug-likeness (QED) is 0.741.